The first-order valence-corrected chi connectivity index (χ1v) is 10.6. The summed E-state index contributed by atoms with van der Waals surface area (Å²) >= 11 is 7.64. The second-order valence-corrected chi connectivity index (χ2v) is 7.81. The number of halogens is 1. The van der Waals surface area contributed by atoms with Crippen LogP contribution in [0.25, 0.3) is 5.69 Å². The topological polar surface area (TPSA) is 70.5 Å². The fourth-order valence-electron chi connectivity index (χ4n) is 3.08. The zero-order valence-electron chi connectivity index (χ0n) is 16.0. The van der Waals surface area contributed by atoms with Gasteiger partial charge in [-0.2, -0.15) is 0 Å². The van der Waals surface area contributed by atoms with Crippen LogP contribution in [0.3, 0.4) is 0 Å². The highest BCUT2D eigenvalue weighted by atomic mass is 35.5. The number of piperazine rings is 1. The highest BCUT2D eigenvalue weighted by molar-refractivity contribution is 7.99. The molecule has 0 radical (unpaired) electrons. The molecule has 150 valence electrons. The van der Waals surface area contributed by atoms with Crippen LogP contribution in [0.1, 0.15) is 12.5 Å². The van der Waals surface area contributed by atoms with Crippen LogP contribution >= 0.6 is 23.4 Å². The van der Waals surface area contributed by atoms with E-state index in [0.29, 0.717) is 43.5 Å². The number of benzene rings is 1. The number of hydrogen-bond acceptors (Lipinski definition) is 4. The van der Waals surface area contributed by atoms with E-state index in [9.17, 15) is 9.59 Å². The Bertz CT molecular complexity index is 849. The Morgan fingerprint density at radius 1 is 1.21 bits per heavy atom. The quantitative estimate of drug-likeness (QED) is 0.753. The Morgan fingerprint density at radius 2 is 1.93 bits per heavy atom. The summed E-state index contributed by atoms with van der Waals surface area (Å²) in [5.74, 6) is 0.357. The molecule has 1 aliphatic heterocycles. The van der Waals surface area contributed by atoms with Gasteiger partial charge in [0.15, 0.2) is 5.16 Å². The van der Waals surface area contributed by atoms with Crippen LogP contribution in [0.2, 0.25) is 5.02 Å². The zero-order chi connectivity index (χ0) is 20.1. The predicted molar refractivity (Wildman–Crippen MR) is 111 cm³/mol. The van der Waals surface area contributed by atoms with Crippen molar-refractivity contribution >= 4 is 35.3 Å². The molecule has 0 atom stereocenters. The van der Waals surface area contributed by atoms with Crippen molar-refractivity contribution in [3.8, 4) is 5.69 Å². The summed E-state index contributed by atoms with van der Waals surface area (Å²) in [4.78, 5) is 32.4. The summed E-state index contributed by atoms with van der Waals surface area (Å²) in [6.45, 7) is 6.68. The molecule has 2 aromatic rings. The number of hydrogen-bond donors (Lipinski definition) is 1. The van der Waals surface area contributed by atoms with Gasteiger partial charge in [0.2, 0.25) is 5.91 Å². The number of carbonyl (C=O) groups excluding carboxylic acids is 2. The van der Waals surface area contributed by atoms with Crippen molar-refractivity contribution in [3.63, 3.8) is 0 Å². The number of urea groups is 1. The minimum atomic E-state index is -0.0668. The molecule has 0 unspecified atom stereocenters. The lowest BCUT2D eigenvalue weighted by Crippen LogP contribution is -2.53. The van der Waals surface area contributed by atoms with Gasteiger partial charge in [0.05, 0.1) is 11.4 Å². The van der Waals surface area contributed by atoms with Crippen LogP contribution < -0.4 is 5.32 Å². The minimum Gasteiger partial charge on any atom is -0.338 e. The van der Waals surface area contributed by atoms with Crippen LogP contribution in [0.15, 0.2) is 35.7 Å². The summed E-state index contributed by atoms with van der Waals surface area (Å²) in [7, 11) is 0. The lowest BCUT2D eigenvalue weighted by Gasteiger charge is -2.34. The van der Waals surface area contributed by atoms with E-state index in [2.05, 4.69) is 10.3 Å². The van der Waals surface area contributed by atoms with Gasteiger partial charge in [-0.3, -0.25) is 9.36 Å². The molecule has 2 heterocycles. The number of nitrogens with zero attached hydrogens (tertiary/aromatic N) is 4. The number of thioether (sulfide) groups is 1. The fraction of sp³-hybridized carbons (Fsp3) is 0.421. The van der Waals surface area contributed by atoms with Gasteiger partial charge in [0, 0.05) is 50.1 Å². The van der Waals surface area contributed by atoms with E-state index >= 15 is 0 Å². The number of nitrogens with one attached hydrogen (secondary N) is 1. The van der Waals surface area contributed by atoms with Crippen molar-refractivity contribution in [1.29, 1.82) is 0 Å². The zero-order valence-corrected chi connectivity index (χ0v) is 17.6. The molecule has 0 bridgehead atoms. The Labute approximate surface area is 174 Å². The molecular weight excluding hydrogens is 398 g/mol. The van der Waals surface area contributed by atoms with Crippen molar-refractivity contribution in [2.45, 2.75) is 19.0 Å². The van der Waals surface area contributed by atoms with Crippen LogP contribution in [0.5, 0.6) is 0 Å². The monoisotopic (exact) mass is 421 g/mol. The summed E-state index contributed by atoms with van der Waals surface area (Å²) in [6.07, 6.45) is 3.59. The number of amides is 3. The molecular formula is C19H24ClN5O2S. The normalized spacial score (nSPS) is 14.2. The first kappa shape index (κ1) is 20.5. The Balaban J connectivity index is 1.57. The van der Waals surface area contributed by atoms with Crippen LogP contribution in [0.4, 0.5) is 4.79 Å². The fourth-order valence-corrected chi connectivity index (χ4v) is 4.11. The highest BCUT2D eigenvalue weighted by Crippen LogP contribution is 2.26. The first-order valence-electron chi connectivity index (χ1n) is 9.23. The second-order valence-electron chi connectivity index (χ2n) is 6.46. The second kappa shape index (κ2) is 9.34. The third-order valence-corrected chi connectivity index (χ3v) is 6.04. The van der Waals surface area contributed by atoms with E-state index in [1.54, 1.807) is 16.0 Å². The van der Waals surface area contributed by atoms with Gasteiger partial charge in [-0.1, -0.05) is 29.4 Å². The van der Waals surface area contributed by atoms with Crippen molar-refractivity contribution in [3.05, 3.63) is 41.2 Å². The summed E-state index contributed by atoms with van der Waals surface area (Å²) < 4.78 is 1.95. The molecule has 1 N–H and O–H groups in total. The molecule has 9 heteroatoms. The SMILES string of the molecule is CCNC(=O)N1CCN(C(=O)CSc2nccn2-c2cccc(Cl)c2C)CC1. The van der Waals surface area contributed by atoms with Gasteiger partial charge in [-0.15, -0.1) is 0 Å². The van der Waals surface area contributed by atoms with Crippen LogP contribution in [0, 0.1) is 6.92 Å². The van der Waals surface area contributed by atoms with E-state index in [4.69, 9.17) is 11.6 Å². The molecule has 1 fully saturated rings. The molecule has 7 nitrogen and oxygen atoms in total. The van der Waals surface area contributed by atoms with E-state index in [0.717, 1.165) is 16.4 Å². The number of carbonyl (C=O) groups is 2. The largest absolute Gasteiger partial charge is 0.338 e. The maximum absolute atomic E-state index is 12.6. The third kappa shape index (κ3) is 4.62. The predicted octanol–water partition coefficient (Wildman–Crippen LogP) is 2.80. The van der Waals surface area contributed by atoms with Gasteiger partial charge in [-0.25, -0.2) is 9.78 Å². The molecule has 3 amide bonds. The summed E-state index contributed by atoms with van der Waals surface area (Å²) in [6, 6.07) is 5.67. The Kier molecular flexibility index (Phi) is 6.85. The molecule has 0 saturated carbocycles. The molecule has 1 aliphatic rings. The summed E-state index contributed by atoms with van der Waals surface area (Å²) in [5.41, 5.74) is 1.92. The smallest absolute Gasteiger partial charge is 0.317 e. The van der Waals surface area contributed by atoms with Gasteiger partial charge in [0.25, 0.3) is 0 Å². The highest BCUT2D eigenvalue weighted by Gasteiger charge is 2.24. The van der Waals surface area contributed by atoms with Crippen LogP contribution in [-0.2, 0) is 4.79 Å². The molecule has 1 aromatic heterocycles. The van der Waals surface area contributed by atoms with Gasteiger partial charge < -0.3 is 15.1 Å². The average molecular weight is 422 g/mol. The van der Waals surface area contributed by atoms with Gasteiger partial charge in [-0.05, 0) is 31.5 Å². The van der Waals surface area contributed by atoms with Crippen molar-refractivity contribution in [2.75, 3.05) is 38.5 Å². The molecule has 28 heavy (non-hydrogen) atoms. The summed E-state index contributed by atoms with van der Waals surface area (Å²) in [5, 5.41) is 4.24. The van der Waals surface area contributed by atoms with Crippen LogP contribution in [-0.4, -0.2) is 69.8 Å². The number of aromatic nitrogens is 2. The standard InChI is InChI=1S/C19H24ClN5O2S/c1-3-21-18(27)24-11-9-23(10-12-24)17(26)13-28-19-22-7-8-25(19)16-6-4-5-15(20)14(16)2/h4-8H,3,9-13H2,1-2H3,(H,21,27). The van der Waals surface area contributed by atoms with E-state index in [1.165, 1.54) is 11.8 Å². The van der Waals surface area contributed by atoms with Crippen molar-refractivity contribution in [1.82, 2.24) is 24.7 Å². The molecule has 0 aliphatic carbocycles. The van der Waals surface area contributed by atoms with Gasteiger partial charge in [0.1, 0.15) is 0 Å². The van der Waals surface area contributed by atoms with Gasteiger partial charge >= 0.3 is 6.03 Å². The van der Waals surface area contributed by atoms with E-state index < -0.39 is 0 Å². The Hall–Kier alpha value is -2.19. The lowest BCUT2D eigenvalue weighted by atomic mass is 10.2. The number of rotatable bonds is 5. The van der Waals surface area contributed by atoms with Crippen molar-refractivity contribution < 1.29 is 9.59 Å². The maximum atomic E-state index is 12.6. The van der Waals surface area contributed by atoms with E-state index in [1.807, 2.05) is 42.8 Å². The maximum Gasteiger partial charge on any atom is 0.317 e. The molecule has 0 spiro atoms. The molecule has 3 rings (SSSR count). The lowest BCUT2D eigenvalue weighted by molar-refractivity contribution is -0.129. The minimum absolute atomic E-state index is 0.0536. The first-order chi connectivity index (χ1) is 13.5. The Morgan fingerprint density at radius 3 is 2.64 bits per heavy atom. The average Bonchev–Trinajstić information content (AvgIpc) is 3.17. The van der Waals surface area contributed by atoms with Crippen molar-refractivity contribution in [2.24, 2.45) is 0 Å². The number of imidazole rings is 1. The molecule has 1 aromatic carbocycles. The van der Waals surface area contributed by atoms with E-state index in [-0.39, 0.29) is 11.9 Å². The third-order valence-electron chi connectivity index (χ3n) is 4.68. The molecule has 1 saturated heterocycles.